The third kappa shape index (κ3) is 5.13. The van der Waals surface area contributed by atoms with Gasteiger partial charge in [-0.05, 0) is 49.2 Å². The van der Waals surface area contributed by atoms with E-state index in [1.165, 1.54) is 4.90 Å². The number of aliphatic hydroxyl groups excluding tert-OH is 1. The summed E-state index contributed by atoms with van der Waals surface area (Å²) < 4.78 is 5.72. The lowest BCUT2D eigenvalue weighted by Crippen LogP contribution is -2.31. The molecule has 3 rings (SSSR count). The molecule has 1 aliphatic rings. The van der Waals surface area contributed by atoms with Gasteiger partial charge in [0.25, 0.3) is 11.7 Å². The van der Waals surface area contributed by atoms with E-state index < -0.39 is 17.7 Å². The van der Waals surface area contributed by atoms with E-state index in [9.17, 15) is 14.7 Å². The zero-order valence-corrected chi connectivity index (χ0v) is 18.2. The number of hydrogen-bond acceptors (Lipinski definition) is 5. The molecule has 0 radical (unpaired) electrons. The Hall–Kier alpha value is -3.15. The summed E-state index contributed by atoms with van der Waals surface area (Å²) in [7, 11) is 0. The monoisotopic (exact) mass is 422 g/mol. The lowest BCUT2D eigenvalue weighted by atomic mass is 9.98. The maximum Gasteiger partial charge on any atom is 0.295 e. The van der Waals surface area contributed by atoms with Crippen molar-refractivity contribution in [3.63, 3.8) is 0 Å². The van der Waals surface area contributed by atoms with Gasteiger partial charge in [-0.1, -0.05) is 39.2 Å². The fourth-order valence-corrected chi connectivity index (χ4v) is 3.69. The fraction of sp³-hybridized carbons (Fsp3) is 0.400. The summed E-state index contributed by atoms with van der Waals surface area (Å²) in [4.78, 5) is 31.5. The number of aliphatic hydroxyl groups is 1. The Labute approximate surface area is 183 Å². The number of hydrogen-bond donors (Lipinski definition) is 1. The number of amides is 1. The number of aromatic nitrogens is 1. The van der Waals surface area contributed by atoms with Gasteiger partial charge in [-0.3, -0.25) is 14.6 Å². The molecular weight excluding hydrogens is 392 g/mol. The minimum atomic E-state index is -0.697. The van der Waals surface area contributed by atoms with Crippen molar-refractivity contribution in [3.8, 4) is 5.75 Å². The molecule has 1 amide bonds. The molecule has 1 fully saturated rings. The molecule has 0 spiro atoms. The maximum atomic E-state index is 12.9. The quantitative estimate of drug-likeness (QED) is 0.256. The molecule has 164 valence electrons. The minimum absolute atomic E-state index is 0.0800. The van der Waals surface area contributed by atoms with Gasteiger partial charge in [-0.15, -0.1) is 0 Å². The van der Waals surface area contributed by atoms with E-state index in [4.69, 9.17) is 4.74 Å². The molecule has 1 aromatic carbocycles. The van der Waals surface area contributed by atoms with Crippen molar-refractivity contribution in [2.75, 3.05) is 13.2 Å². The zero-order valence-electron chi connectivity index (χ0n) is 18.2. The fourth-order valence-electron chi connectivity index (χ4n) is 3.69. The van der Waals surface area contributed by atoms with E-state index in [1.54, 1.807) is 42.6 Å². The molecule has 0 saturated carbocycles. The zero-order chi connectivity index (χ0) is 22.2. The van der Waals surface area contributed by atoms with Crippen molar-refractivity contribution in [1.29, 1.82) is 0 Å². The Morgan fingerprint density at radius 1 is 1.03 bits per heavy atom. The Morgan fingerprint density at radius 3 is 2.42 bits per heavy atom. The van der Waals surface area contributed by atoms with Crippen LogP contribution in [0.15, 0.2) is 54.2 Å². The standard InChI is InChI=1S/C25H30N2O4/c1-3-5-9-17-31-19-13-11-18(12-14-19)23(28)21-22(20-10-7-8-15-26-20)27(16-6-4-2)25(30)24(21)29/h7-8,10-15,22,28H,3-6,9,16-17H2,1-2H3/b23-21-. The van der Waals surface area contributed by atoms with Crippen LogP contribution in [-0.2, 0) is 9.59 Å². The molecule has 2 aromatic rings. The van der Waals surface area contributed by atoms with Crippen LogP contribution in [0.4, 0.5) is 0 Å². The van der Waals surface area contributed by atoms with E-state index in [1.807, 2.05) is 13.0 Å². The highest BCUT2D eigenvalue weighted by atomic mass is 16.5. The summed E-state index contributed by atoms with van der Waals surface area (Å²) in [5.41, 5.74) is 1.11. The second-order valence-corrected chi connectivity index (χ2v) is 7.68. The average molecular weight is 423 g/mol. The van der Waals surface area contributed by atoms with Gasteiger partial charge in [0, 0.05) is 18.3 Å². The Kier molecular flexibility index (Phi) is 7.82. The van der Waals surface area contributed by atoms with Gasteiger partial charge < -0.3 is 14.7 Å². The first-order valence-electron chi connectivity index (χ1n) is 11.0. The number of rotatable bonds is 10. The topological polar surface area (TPSA) is 79.7 Å². The van der Waals surface area contributed by atoms with Crippen LogP contribution in [0.2, 0.25) is 0 Å². The van der Waals surface area contributed by atoms with Crippen LogP contribution in [0.5, 0.6) is 5.75 Å². The van der Waals surface area contributed by atoms with Crippen molar-refractivity contribution in [2.45, 2.75) is 52.0 Å². The van der Waals surface area contributed by atoms with E-state index in [0.717, 1.165) is 32.1 Å². The third-order valence-corrected chi connectivity index (χ3v) is 5.40. The number of likely N-dealkylation sites (tertiary alicyclic amines) is 1. The highest BCUT2D eigenvalue weighted by Gasteiger charge is 2.46. The number of carbonyl (C=O) groups excluding carboxylic acids is 2. The van der Waals surface area contributed by atoms with Gasteiger partial charge in [-0.25, -0.2) is 0 Å². The molecule has 1 unspecified atom stereocenters. The molecular formula is C25H30N2O4. The number of nitrogens with zero attached hydrogens (tertiary/aromatic N) is 2. The van der Waals surface area contributed by atoms with Gasteiger partial charge in [-0.2, -0.15) is 0 Å². The first-order valence-corrected chi connectivity index (χ1v) is 11.0. The van der Waals surface area contributed by atoms with Crippen LogP contribution >= 0.6 is 0 Å². The Bertz CT molecular complexity index is 922. The molecule has 6 heteroatoms. The molecule has 1 saturated heterocycles. The predicted molar refractivity (Wildman–Crippen MR) is 120 cm³/mol. The number of pyridine rings is 1. The van der Waals surface area contributed by atoms with Crippen molar-refractivity contribution < 1.29 is 19.4 Å². The SMILES string of the molecule is CCCCCOc1ccc(/C(O)=C2/C(=O)C(=O)N(CCCC)C2c2ccccn2)cc1. The van der Waals surface area contributed by atoms with Crippen molar-refractivity contribution in [3.05, 3.63) is 65.5 Å². The predicted octanol–water partition coefficient (Wildman–Crippen LogP) is 4.87. The summed E-state index contributed by atoms with van der Waals surface area (Å²) in [6.07, 6.45) is 6.51. The summed E-state index contributed by atoms with van der Waals surface area (Å²) in [5, 5.41) is 11.0. The second kappa shape index (κ2) is 10.8. The lowest BCUT2D eigenvalue weighted by molar-refractivity contribution is -0.140. The molecule has 31 heavy (non-hydrogen) atoms. The highest BCUT2D eigenvalue weighted by Crippen LogP contribution is 2.38. The van der Waals surface area contributed by atoms with Crippen LogP contribution in [0, 0.1) is 0 Å². The summed E-state index contributed by atoms with van der Waals surface area (Å²) in [5.74, 6) is -0.756. The maximum absolute atomic E-state index is 12.9. The Morgan fingerprint density at radius 2 is 1.77 bits per heavy atom. The largest absolute Gasteiger partial charge is 0.507 e. The van der Waals surface area contributed by atoms with Crippen LogP contribution in [0.1, 0.15) is 63.3 Å². The number of unbranched alkanes of at least 4 members (excludes halogenated alkanes) is 3. The molecule has 2 heterocycles. The van der Waals surface area contributed by atoms with Crippen LogP contribution < -0.4 is 4.74 Å². The number of benzene rings is 1. The minimum Gasteiger partial charge on any atom is -0.507 e. The number of carbonyl (C=O) groups is 2. The van der Waals surface area contributed by atoms with Crippen LogP contribution in [-0.4, -0.2) is 39.8 Å². The van der Waals surface area contributed by atoms with Gasteiger partial charge >= 0.3 is 0 Å². The number of ketones is 1. The summed E-state index contributed by atoms with van der Waals surface area (Å²) >= 11 is 0. The smallest absolute Gasteiger partial charge is 0.295 e. The Balaban J connectivity index is 1.92. The first kappa shape index (κ1) is 22.5. The molecule has 0 aliphatic carbocycles. The van der Waals surface area contributed by atoms with Crippen molar-refractivity contribution in [2.24, 2.45) is 0 Å². The van der Waals surface area contributed by atoms with Crippen molar-refractivity contribution >= 4 is 17.4 Å². The summed E-state index contributed by atoms with van der Waals surface area (Å²) in [6, 6.07) is 11.6. The average Bonchev–Trinajstić information content (AvgIpc) is 3.06. The van der Waals surface area contributed by atoms with E-state index in [2.05, 4.69) is 11.9 Å². The van der Waals surface area contributed by atoms with Gasteiger partial charge in [0.15, 0.2) is 0 Å². The normalized spacial score (nSPS) is 17.9. The van der Waals surface area contributed by atoms with Crippen LogP contribution in [0.3, 0.4) is 0 Å². The molecule has 1 N–H and O–H groups in total. The van der Waals surface area contributed by atoms with E-state index in [-0.39, 0.29) is 11.3 Å². The third-order valence-electron chi connectivity index (χ3n) is 5.40. The van der Waals surface area contributed by atoms with Gasteiger partial charge in [0.1, 0.15) is 17.6 Å². The molecule has 1 aromatic heterocycles. The summed E-state index contributed by atoms with van der Waals surface area (Å²) in [6.45, 7) is 5.24. The second-order valence-electron chi connectivity index (χ2n) is 7.68. The van der Waals surface area contributed by atoms with Gasteiger partial charge in [0.2, 0.25) is 0 Å². The molecule has 6 nitrogen and oxygen atoms in total. The number of Topliss-reactive ketones (excluding diaryl/α,β-unsaturated/α-hetero) is 1. The molecule has 1 aliphatic heterocycles. The van der Waals surface area contributed by atoms with Gasteiger partial charge in [0.05, 0.1) is 17.9 Å². The number of ether oxygens (including phenoxy) is 1. The van der Waals surface area contributed by atoms with E-state index >= 15 is 0 Å². The van der Waals surface area contributed by atoms with E-state index in [0.29, 0.717) is 30.2 Å². The lowest BCUT2D eigenvalue weighted by Gasteiger charge is -2.24. The highest BCUT2D eigenvalue weighted by molar-refractivity contribution is 6.46. The van der Waals surface area contributed by atoms with Crippen molar-refractivity contribution in [1.82, 2.24) is 9.88 Å². The van der Waals surface area contributed by atoms with Crippen LogP contribution in [0.25, 0.3) is 5.76 Å². The first-order chi connectivity index (χ1) is 15.1. The molecule has 0 bridgehead atoms. The molecule has 1 atom stereocenters.